The van der Waals surface area contributed by atoms with Crippen molar-refractivity contribution >= 4 is 5.95 Å². The standard InChI is InChI=1S/C12H14N4O/c1-2-12(17,9-3-6-14-7-4-9)10-5-8-15-11(13)16-10/h3-8,17H,2H2,1H3,(H2,13,15,16)/t12-/m0/s1. The number of aromatic nitrogens is 3. The molecule has 5 nitrogen and oxygen atoms in total. The Morgan fingerprint density at radius 1 is 1.24 bits per heavy atom. The average Bonchev–Trinajstić information content (AvgIpc) is 2.39. The van der Waals surface area contributed by atoms with E-state index in [0.29, 0.717) is 12.1 Å². The van der Waals surface area contributed by atoms with Crippen LogP contribution in [0, 0.1) is 0 Å². The predicted molar refractivity (Wildman–Crippen MR) is 64.0 cm³/mol. The molecule has 17 heavy (non-hydrogen) atoms. The topological polar surface area (TPSA) is 84.9 Å². The zero-order valence-electron chi connectivity index (χ0n) is 9.54. The van der Waals surface area contributed by atoms with Crippen molar-refractivity contribution in [3.63, 3.8) is 0 Å². The summed E-state index contributed by atoms with van der Waals surface area (Å²) in [6.07, 6.45) is 5.31. The Balaban J connectivity index is 2.52. The molecular weight excluding hydrogens is 216 g/mol. The second-order valence-corrected chi connectivity index (χ2v) is 3.75. The number of nitrogens with two attached hydrogens (primary N) is 1. The number of hydrogen-bond donors (Lipinski definition) is 2. The van der Waals surface area contributed by atoms with Gasteiger partial charge in [-0.1, -0.05) is 6.92 Å². The van der Waals surface area contributed by atoms with Crippen LogP contribution in [0.25, 0.3) is 0 Å². The van der Waals surface area contributed by atoms with Crippen LogP contribution in [0.1, 0.15) is 24.6 Å². The number of nitrogen functional groups attached to an aromatic ring is 1. The molecule has 2 aromatic rings. The van der Waals surface area contributed by atoms with Gasteiger partial charge in [-0.05, 0) is 30.2 Å². The van der Waals surface area contributed by atoms with Gasteiger partial charge in [0.25, 0.3) is 0 Å². The minimum absolute atomic E-state index is 0.156. The first-order valence-corrected chi connectivity index (χ1v) is 5.38. The molecule has 88 valence electrons. The van der Waals surface area contributed by atoms with Crippen molar-refractivity contribution in [2.75, 3.05) is 5.73 Å². The third-order valence-electron chi connectivity index (χ3n) is 2.77. The summed E-state index contributed by atoms with van der Waals surface area (Å²) in [6, 6.07) is 5.20. The molecule has 1 atom stereocenters. The smallest absolute Gasteiger partial charge is 0.220 e. The summed E-state index contributed by atoms with van der Waals surface area (Å²) in [5, 5.41) is 10.7. The van der Waals surface area contributed by atoms with Crippen molar-refractivity contribution in [2.45, 2.75) is 18.9 Å². The van der Waals surface area contributed by atoms with Gasteiger partial charge in [-0.15, -0.1) is 0 Å². The molecule has 0 fully saturated rings. The number of nitrogens with zero attached hydrogens (tertiary/aromatic N) is 3. The van der Waals surface area contributed by atoms with Gasteiger partial charge in [-0.3, -0.25) is 4.98 Å². The average molecular weight is 230 g/mol. The Hall–Kier alpha value is -2.01. The van der Waals surface area contributed by atoms with E-state index in [1.807, 2.05) is 6.92 Å². The normalized spacial score (nSPS) is 14.2. The molecule has 2 heterocycles. The van der Waals surface area contributed by atoms with Gasteiger partial charge >= 0.3 is 0 Å². The van der Waals surface area contributed by atoms with E-state index in [4.69, 9.17) is 5.73 Å². The van der Waals surface area contributed by atoms with Crippen LogP contribution in [-0.4, -0.2) is 20.1 Å². The van der Waals surface area contributed by atoms with Crippen molar-refractivity contribution in [3.05, 3.63) is 48.0 Å². The third-order valence-corrected chi connectivity index (χ3v) is 2.77. The molecule has 0 aromatic carbocycles. The molecule has 0 unspecified atom stereocenters. The van der Waals surface area contributed by atoms with Crippen molar-refractivity contribution in [1.82, 2.24) is 15.0 Å². The molecule has 0 radical (unpaired) electrons. The van der Waals surface area contributed by atoms with E-state index in [1.165, 1.54) is 0 Å². The SMILES string of the molecule is CC[C@](O)(c1ccncc1)c1ccnc(N)n1. The van der Waals surface area contributed by atoms with E-state index in [0.717, 1.165) is 5.56 Å². The van der Waals surface area contributed by atoms with Crippen LogP contribution in [0.2, 0.25) is 0 Å². The Labute approximate surface area is 99.4 Å². The second-order valence-electron chi connectivity index (χ2n) is 3.75. The number of rotatable bonds is 3. The van der Waals surface area contributed by atoms with Gasteiger partial charge in [0.15, 0.2) is 0 Å². The van der Waals surface area contributed by atoms with Crippen LogP contribution in [0.15, 0.2) is 36.8 Å². The van der Waals surface area contributed by atoms with E-state index < -0.39 is 5.60 Å². The highest BCUT2D eigenvalue weighted by Crippen LogP contribution is 2.30. The van der Waals surface area contributed by atoms with Crippen LogP contribution in [0.5, 0.6) is 0 Å². The molecule has 2 rings (SSSR count). The molecule has 2 aromatic heterocycles. The molecule has 3 N–H and O–H groups in total. The molecule has 0 aliphatic carbocycles. The molecule has 0 bridgehead atoms. The molecule has 0 amide bonds. The summed E-state index contributed by atoms with van der Waals surface area (Å²) >= 11 is 0. The van der Waals surface area contributed by atoms with Gasteiger partial charge in [-0.25, -0.2) is 9.97 Å². The number of pyridine rings is 1. The monoisotopic (exact) mass is 230 g/mol. The van der Waals surface area contributed by atoms with E-state index in [-0.39, 0.29) is 5.95 Å². The van der Waals surface area contributed by atoms with E-state index in [2.05, 4.69) is 15.0 Å². The molecule has 0 spiro atoms. The van der Waals surface area contributed by atoms with Gasteiger partial charge in [0.05, 0.1) is 5.69 Å². The summed E-state index contributed by atoms with van der Waals surface area (Å²) in [5.74, 6) is 0.156. The van der Waals surface area contributed by atoms with Gasteiger partial charge in [-0.2, -0.15) is 0 Å². The highest BCUT2D eigenvalue weighted by Gasteiger charge is 2.31. The molecule has 5 heteroatoms. The quantitative estimate of drug-likeness (QED) is 0.824. The zero-order valence-corrected chi connectivity index (χ0v) is 9.54. The molecule has 0 saturated carbocycles. The Bertz CT molecular complexity index is 503. The minimum atomic E-state index is -1.15. The summed E-state index contributed by atoms with van der Waals surface area (Å²) in [6.45, 7) is 1.89. The molecule has 0 saturated heterocycles. The maximum Gasteiger partial charge on any atom is 0.220 e. The van der Waals surface area contributed by atoms with E-state index in [1.54, 1.807) is 36.8 Å². The highest BCUT2D eigenvalue weighted by atomic mass is 16.3. The fraction of sp³-hybridized carbons (Fsp3) is 0.250. The Kier molecular flexibility index (Phi) is 3.01. The fourth-order valence-corrected chi connectivity index (χ4v) is 1.76. The minimum Gasteiger partial charge on any atom is -0.379 e. The summed E-state index contributed by atoms with van der Waals surface area (Å²) in [4.78, 5) is 11.8. The Morgan fingerprint density at radius 2 is 1.94 bits per heavy atom. The second kappa shape index (κ2) is 4.47. The first kappa shape index (κ1) is 11.5. The molecule has 0 aliphatic rings. The van der Waals surface area contributed by atoms with Crippen molar-refractivity contribution < 1.29 is 5.11 Å². The third kappa shape index (κ3) is 2.09. The van der Waals surface area contributed by atoms with E-state index >= 15 is 0 Å². The number of anilines is 1. The summed E-state index contributed by atoms with van der Waals surface area (Å²) < 4.78 is 0. The van der Waals surface area contributed by atoms with Crippen LogP contribution < -0.4 is 5.73 Å². The highest BCUT2D eigenvalue weighted by molar-refractivity contribution is 5.32. The Morgan fingerprint density at radius 3 is 2.53 bits per heavy atom. The summed E-state index contributed by atoms with van der Waals surface area (Å²) in [5.41, 5.74) is 5.63. The van der Waals surface area contributed by atoms with Crippen molar-refractivity contribution in [1.29, 1.82) is 0 Å². The van der Waals surface area contributed by atoms with Crippen LogP contribution in [0.3, 0.4) is 0 Å². The lowest BCUT2D eigenvalue weighted by Gasteiger charge is -2.26. The maximum atomic E-state index is 10.7. The zero-order chi connectivity index (χ0) is 12.3. The van der Waals surface area contributed by atoms with Crippen LogP contribution >= 0.6 is 0 Å². The first-order chi connectivity index (χ1) is 8.16. The van der Waals surface area contributed by atoms with Gasteiger partial charge < -0.3 is 10.8 Å². The first-order valence-electron chi connectivity index (χ1n) is 5.38. The number of hydrogen-bond acceptors (Lipinski definition) is 5. The summed E-state index contributed by atoms with van der Waals surface area (Å²) in [7, 11) is 0. The lowest BCUT2D eigenvalue weighted by Crippen LogP contribution is -2.28. The maximum absolute atomic E-state index is 10.7. The lowest BCUT2D eigenvalue weighted by molar-refractivity contribution is 0.0718. The number of aliphatic hydroxyl groups is 1. The van der Waals surface area contributed by atoms with Gasteiger partial charge in [0, 0.05) is 18.6 Å². The van der Waals surface area contributed by atoms with Crippen LogP contribution in [0.4, 0.5) is 5.95 Å². The van der Waals surface area contributed by atoms with Crippen molar-refractivity contribution in [2.24, 2.45) is 0 Å². The van der Waals surface area contributed by atoms with Crippen LogP contribution in [-0.2, 0) is 5.60 Å². The largest absolute Gasteiger partial charge is 0.379 e. The van der Waals surface area contributed by atoms with E-state index in [9.17, 15) is 5.11 Å². The molecular formula is C12H14N4O. The predicted octanol–water partition coefficient (Wildman–Crippen LogP) is 1.10. The fourth-order valence-electron chi connectivity index (χ4n) is 1.76. The van der Waals surface area contributed by atoms with Crippen molar-refractivity contribution in [3.8, 4) is 0 Å². The lowest BCUT2D eigenvalue weighted by atomic mass is 9.88. The van der Waals surface area contributed by atoms with Gasteiger partial charge in [0.1, 0.15) is 5.60 Å². The molecule has 0 aliphatic heterocycles. The van der Waals surface area contributed by atoms with Gasteiger partial charge in [0.2, 0.25) is 5.95 Å².